The molecule has 5 heterocycles. The van der Waals surface area contributed by atoms with Crippen molar-refractivity contribution >= 4 is 12.4 Å². The Kier molecular flexibility index (Phi) is 3.26. The molecule has 1 N–H and O–H groups in total. The highest BCUT2D eigenvalue weighted by Gasteiger charge is 2.14. The number of H-pyrrole nitrogens is 1. The van der Waals surface area contributed by atoms with Crippen LogP contribution in [0.25, 0.3) is 12.4 Å². The predicted octanol–water partition coefficient (Wildman–Crippen LogP) is 0.692. The van der Waals surface area contributed by atoms with E-state index in [4.69, 9.17) is 4.98 Å². The standard InChI is InChI=1S/C19H20N6/c1-2-16-10-22-6-8-24(14-22)12-18-4-5-19(21-18)13-25-9-7-23(15-25)11-17(3-1)20-16/h1-9,12-13,21H,10-11,14-15H2/b18-12-,19-13-. The molecule has 0 atom stereocenters. The van der Waals surface area contributed by atoms with Crippen molar-refractivity contribution in [1.29, 1.82) is 0 Å². The van der Waals surface area contributed by atoms with Crippen molar-refractivity contribution in [2.75, 3.05) is 13.3 Å². The Morgan fingerprint density at radius 1 is 0.720 bits per heavy atom. The Hall–Kier alpha value is -3.15. The highest BCUT2D eigenvalue weighted by atomic mass is 15.3. The number of hydrogen-bond acceptors (Lipinski definition) is 5. The first-order valence-corrected chi connectivity index (χ1v) is 8.50. The van der Waals surface area contributed by atoms with Crippen molar-refractivity contribution < 1.29 is 0 Å². The van der Waals surface area contributed by atoms with Crippen LogP contribution in [0.3, 0.4) is 0 Å². The molecule has 6 heteroatoms. The van der Waals surface area contributed by atoms with Gasteiger partial charge in [0.15, 0.2) is 0 Å². The second kappa shape index (κ2) is 5.73. The normalized spacial score (nSPS) is 21.3. The Labute approximate surface area is 146 Å². The van der Waals surface area contributed by atoms with Gasteiger partial charge in [-0.25, -0.2) is 0 Å². The molecule has 0 spiro atoms. The maximum Gasteiger partial charge on any atom is 0.0941 e. The van der Waals surface area contributed by atoms with Gasteiger partial charge in [-0.05, 0) is 24.3 Å². The van der Waals surface area contributed by atoms with Gasteiger partial charge in [0.05, 0.1) is 48.5 Å². The van der Waals surface area contributed by atoms with E-state index in [1.54, 1.807) is 0 Å². The van der Waals surface area contributed by atoms with Crippen molar-refractivity contribution in [2.45, 2.75) is 13.1 Å². The maximum absolute atomic E-state index is 4.83. The predicted molar refractivity (Wildman–Crippen MR) is 96.0 cm³/mol. The lowest BCUT2D eigenvalue weighted by molar-refractivity contribution is 0.310. The fraction of sp³-hybridized carbons (Fsp3) is 0.211. The molecule has 0 saturated carbocycles. The van der Waals surface area contributed by atoms with Gasteiger partial charge < -0.3 is 24.6 Å². The molecule has 0 aliphatic carbocycles. The summed E-state index contributed by atoms with van der Waals surface area (Å²) in [5.41, 5.74) is 2.20. The number of aromatic amines is 1. The van der Waals surface area contributed by atoms with Gasteiger partial charge in [0.1, 0.15) is 0 Å². The average Bonchev–Trinajstić information content (AvgIpc) is 3.31. The Bertz CT molecular complexity index is 885. The monoisotopic (exact) mass is 332 g/mol. The largest absolute Gasteiger partial charge is 0.353 e. The van der Waals surface area contributed by atoms with Crippen LogP contribution in [0.1, 0.15) is 11.4 Å². The molecule has 2 aromatic rings. The molecule has 8 bridgehead atoms. The molecule has 0 saturated heterocycles. The van der Waals surface area contributed by atoms with Crippen molar-refractivity contribution in [1.82, 2.24) is 29.6 Å². The van der Waals surface area contributed by atoms with E-state index < -0.39 is 0 Å². The fourth-order valence-corrected chi connectivity index (χ4v) is 3.40. The van der Waals surface area contributed by atoms with Crippen molar-refractivity contribution in [2.24, 2.45) is 0 Å². The average molecular weight is 332 g/mol. The van der Waals surface area contributed by atoms with Crippen molar-refractivity contribution in [3.63, 3.8) is 0 Å². The van der Waals surface area contributed by atoms with Gasteiger partial charge in [0.25, 0.3) is 0 Å². The molecule has 2 aromatic heterocycles. The molecule has 0 radical (unpaired) electrons. The van der Waals surface area contributed by atoms with E-state index in [1.165, 1.54) is 0 Å². The van der Waals surface area contributed by atoms with E-state index in [1.807, 2.05) is 0 Å². The zero-order chi connectivity index (χ0) is 16.6. The molecule has 0 fully saturated rings. The first kappa shape index (κ1) is 14.2. The lowest BCUT2D eigenvalue weighted by Crippen LogP contribution is -2.26. The van der Waals surface area contributed by atoms with Gasteiger partial charge >= 0.3 is 0 Å². The summed E-state index contributed by atoms with van der Waals surface area (Å²) >= 11 is 0. The van der Waals surface area contributed by atoms with E-state index in [2.05, 4.69) is 92.1 Å². The summed E-state index contributed by atoms with van der Waals surface area (Å²) in [6.07, 6.45) is 12.7. The molecule has 25 heavy (non-hydrogen) atoms. The molecule has 0 amide bonds. The van der Waals surface area contributed by atoms with Gasteiger partial charge in [0.2, 0.25) is 0 Å². The Morgan fingerprint density at radius 3 is 1.84 bits per heavy atom. The molecule has 126 valence electrons. The molecule has 0 aromatic carbocycles. The molecule has 5 rings (SSSR count). The van der Waals surface area contributed by atoms with Crippen LogP contribution in [-0.2, 0) is 13.1 Å². The van der Waals surface area contributed by atoms with E-state index in [9.17, 15) is 0 Å². The summed E-state index contributed by atoms with van der Waals surface area (Å²) in [4.78, 5) is 17.2. The van der Waals surface area contributed by atoms with Crippen LogP contribution in [0.4, 0.5) is 0 Å². The van der Waals surface area contributed by atoms with Gasteiger partial charge in [0, 0.05) is 37.2 Å². The Morgan fingerprint density at radius 2 is 1.28 bits per heavy atom. The lowest BCUT2D eigenvalue weighted by Gasteiger charge is -2.20. The van der Waals surface area contributed by atoms with Crippen LogP contribution in [-0.4, -0.2) is 42.9 Å². The van der Waals surface area contributed by atoms with E-state index >= 15 is 0 Å². The van der Waals surface area contributed by atoms with Gasteiger partial charge in [-0.15, -0.1) is 0 Å². The van der Waals surface area contributed by atoms with E-state index in [0.717, 1.165) is 48.5 Å². The van der Waals surface area contributed by atoms with Gasteiger partial charge in [-0.2, -0.15) is 0 Å². The molecule has 3 aliphatic heterocycles. The third kappa shape index (κ3) is 2.98. The third-order valence-electron chi connectivity index (χ3n) is 4.56. The van der Waals surface area contributed by atoms with E-state index in [-0.39, 0.29) is 0 Å². The summed E-state index contributed by atoms with van der Waals surface area (Å²) in [6.45, 7) is 3.31. The van der Waals surface area contributed by atoms with Crippen LogP contribution in [0.15, 0.2) is 55.1 Å². The number of nitrogens with one attached hydrogen (secondary N) is 1. The van der Waals surface area contributed by atoms with Crippen molar-refractivity contribution in [3.05, 3.63) is 77.2 Å². The number of fused-ring (bicyclic) bond motifs is 8. The molecule has 0 unspecified atom stereocenters. The number of aromatic nitrogens is 2. The van der Waals surface area contributed by atoms with Crippen LogP contribution < -0.4 is 10.7 Å². The SMILES string of the molecule is C1=CN2Cc3cccc(n3)CN3C=CN(/C=c4/cc/c([nH]4)=C/N1C2)C3. The number of rotatable bonds is 0. The second-order valence-electron chi connectivity index (χ2n) is 6.65. The minimum atomic E-state index is 0.820. The smallest absolute Gasteiger partial charge is 0.0941 e. The highest BCUT2D eigenvalue weighted by Crippen LogP contribution is 2.14. The van der Waals surface area contributed by atoms with Crippen LogP contribution in [0.5, 0.6) is 0 Å². The molecule has 3 aliphatic rings. The van der Waals surface area contributed by atoms with Crippen molar-refractivity contribution in [3.8, 4) is 0 Å². The molecule has 6 nitrogen and oxygen atoms in total. The maximum atomic E-state index is 4.83. The second-order valence-corrected chi connectivity index (χ2v) is 6.65. The summed E-state index contributed by atoms with van der Waals surface area (Å²) in [5, 5.41) is 2.20. The zero-order valence-corrected chi connectivity index (χ0v) is 13.9. The summed E-state index contributed by atoms with van der Waals surface area (Å²) in [6, 6.07) is 10.5. The Balaban J connectivity index is 1.53. The number of pyridine rings is 1. The van der Waals surface area contributed by atoms with Crippen LogP contribution in [0.2, 0.25) is 0 Å². The van der Waals surface area contributed by atoms with E-state index in [0.29, 0.717) is 0 Å². The quantitative estimate of drug-likeness (QED) is 0.769. The van der Waals surface area contributed by atoms with Gasteiger partial charge in [-0.3, -0.25) is 4.98 Å². The number of nitrogens with zero attached hydrogens (tertiary/aromatic N) is 5. The molecular weight excluding hydrogens is 312 g/mol. The highest BCUT2D eigenvalue weighted by molar-refractivity contribution is 5.27. The third-order valence-corrected chi connectivity index (χ3v) is 4.56. The minimum Gasteiger partial charge on any atom is -0.353 e. The zero-order valence-electron chi connectivity index (χ0n) is 13.9. The topological polar surface area (TPSA) is 41.6 Å². The van der Waals surface area contributed by atoms with Gasteiger partial charge in [-0.1, -0.05) is 6.07 Å². The van der Waals surface area contributed by atoms with Crippen LogP contribution in [0, 0.1) is 0 Å². The molecular formula is C19H20N6. The minimum absolute atomic E-state index is 0.820. The number of hydrogen-bond donors (Lipinski definition) is 1. The lowest BCUT2D eigenvalue weighted by atomic mass is 10.3. The fourth-order valence-electron chi connectivity index (χ4n) is 3.40. The summed E-state index contributed by atoms with van der Waals surface area (Å²) in [5.74, 6) is 0. The first-order valence-electron chi connectivity index (χ1n) is 8.50. The summed E-state index contributed by atoms with van der Waals surface area (Å²) in [7, 11) is 0. The summed E-state index contributed by atoms with van der Waals surface area (Å²) < 4.78 is 0. The first-order chi connectivity index (χ1) is 12.3. The van der Waals surface area contributed by atoms with Crippen LogP contribution >= 0.6 is 0 Å².